The first-order valence-corrected chi connectivity index (χ1v) is 7.32. The third kappa shape index (κ3) is 3.54. The second-order valence-corrected chi connectivity index (χ2v) is 6.19. The van der Waals surface area contributed by atoms with Crippen LogP contribution in [-0.4, -0.2) is 4.98 Å². The van der Waals surface area contributed by atoms with Crippen LogP contribution in [0.5, 0.6) is 0 Å². The van der Waals surface area contributed by atoms with Crippen molar-refractivity contribution in [2.24, 2.45) is 5.73 Å². The lowest BCUT2D eigenvalue weighted by molar-refractivity contribution is 0.716. The largest absolute Gasteiger partial charge is 0.324 e. The molecular formula is C13H11Br2ClN2. The van der Waals surface area contributed by atoms with Gasteiger partial charge in [0.15, 0.2) is 0 Å². The summed E-state index contributed by atoms with van der Waals surface area (Å²) in [6.45, 7) is 0. The predicted octanol–water partition coefficient (Wildman–Crippen LogP) is 4.50. The van der Waals surface area contributed by atoms with Gasteiger partial charge in [-0.05, 0) is 51.7 Å². The maximum Gasteiger partial charge on any atom is 0.0417 e. The predicted molar refractivity (Wildman–Crippen MR) is 81.7 cm³/mol. The van der Waals surface area contributed by atoms with Gasteiger partial charge in [-0.3, -0.25) is 4.98 Å². The fraction of sp³-hybridized carbons (Fsp3) is 0.154. The molecule has 0 aliphatic rings. The first kappa shape index (κ1) is 14.0. The number of nitrogens with two attached hydrogens (primary N) is 1. The van der Waals surface area contributed by atoms with Gasteiger partial charge in [-0.25, -0.2) is 0 Å². The van der Waals surface area contributed by atoms with E-state index in [9.17, 15) is 0 Å². The molecule has 0 bridgehead atoms. The van der Waals surface area contributed by atoms with E-state index in [0.717, 1.165) is 26.5 Å². The van der Waals surface area contributed by atoms with Crippen LogP contribution in [0.15, 0.2) is 45.6 Å². The van der Waals surface area contributed by atoms with Crippen LogP contribution in [0, 0.1) is 0 Å². The fourth-order valence-corrected chi connectivity index (χ4v) is 3.12. The van der Waals surface area contributed by atoms with Crippen molar-refractivity contribution in [2.45, 2.75) is 12.5 Å². The Morgan fingerprint density at radius 1 is 1.22 bits per heavy atom. The molecule has 0 saturated carbocycles. The van der Waals surface area contributed by atoms with Crippen LogP contribution in [0.4, 0.5) is 0 Å². The molecule has 2 rings (SSSR count). The molecule has 1 aromatic carbocycles. The third-order valence-corrected chi connectivity index (χ3v) is 3.93. The highest BCUT2D eigenvalue weighted by atomic mass is 79.9. The van der Waals surface area contributed by atoms with Crippen molar-refractivity contribution in [3.05, 3.63) is 61.8 Å². The Morgan fingerprint density at radius 2 is 2.00 bits per heavy atom. The SMILES string of the molecule is NC(Cc1cncc(Br)c1)c1ccc(Cl)cc1Br. The van der Waals surface area contributed by atoms with Crippen molar-refractivity contribution in [1.82, 2.24) is 4.98 Å². The number of benzene rings is 1. The lowest BCUT2D eigenvalue weighted by Crippen LogP contribution is -2.14. The van der Waals surface area contributed by atoms with Gasteiger partial charge >= 0.3 is 0 Å². The zero-order chi connectivity index (χ0) is 13.1. The molecule has 0 spiro atoms. The van der Waals surface area contributed by atoms with Crippen LogP contribution in [0.25, 0.3) is 0 Å². The Kier molecular flexibility index (Phi) is 4.78. The van der Waals surface area contributed by atoms with E-state index in [1.165, 1.54) is 0 Å². The molecule has 0 radical (unpaired) electrons. The Hall–Kier alpha value is -0.420. The molecule has 2 nitrogen and oxygen atoms in total. The molecule has 5 heteroatoms. The molecule has 2 aromatic rings. The minimum absolute atomic E-state index is 0.0901. The number of rotatable bonds is 3. The van der Waals surface area contributed by atoms with E-state index < -0.39 is 0 Å². The third-order valence-electron chi connectivity index (χ3n) is 2.58. The number of nitrogens with zero attached hydrogens (tertiary/aromatic N) is 1. The summed E-state index contributed by atoms with van der Waals surface area (Å²) in [6.07, 6.45) is 4.31. The van der Waals surface area contributed by atoms with E-state index in [1.54, 1.807) is 6.20 Å². The summed E-state index contributed by atoms with van der Waals surface area (Å²) in [4.78, 5) is 4.13. The Balaban J connectivity index is 2.19. The molecule has 2 N–H and O–H groups in total. The highest BCUT2D eigenvalue weighted by molar-refractivity contribution is 9.10. The molecule has 0 fully saturated rings. The summed E-state index contributed by atoms with van der Waals surface area (Å²) in [5.41, 5.74) is 8.35. The average molecular weight is 391 g/mol. The van der Waals surface area contributed by atoms with Gasteiger partial charge in [0.1, 0.15) is 0 Å². The quantitative estimate of drug-likeness (QED) is 0.838. The summed E-state index contributed by atoms with van der Waals surface area (Å²) in [5.74, 6) is 0. The van der Waals surface area contributed by atoms with E-state index in [4.69, 9.17) is 17.3 Å². The molecule has 0 saturated heterocycles. The molecule has 1 unspecified atom stereocenters. The molecule has 1 atom stereocenters. The monoisotopic (exact) mass is 388 g/mol. The first-order valence-electron chi connectivity index (χ1n) is 5.36. The first-order chi connectivity index (χ1) is 8.56. The van der Waals surface area contributed by atoms with E-state index in [1.807, 2.05) is 30.5 Å². The van der Waals surface area contributed by atoms with E-state index in [2.05, 4.69) is 36.8 Å². The number of halogens is 3. The van der Waals surface area contributed by atoms with Crippen molar-refractivity contribution in [3.8, 4) is 0 Å². The Morgan fingerprint density at radius 3 is 2.67 bits per heavy atom. The van der Waals surface area contributed by atoms with Gasteiger partial charge in [0, 0.05) is 32.4 Å². The Labute approximate surface area is 128 Å². The molecule has 1 heterocycles. The van der Waals surface area contributed by atoms with Crippen molar-refractivity contribution in [3.63, 3.8) is 0 Å². The van der Waals surface area contributed by atoms with Crippen LogP contribution in [0.3, 0.4) is 0 Å². The van der Waals surface area contributed by atoms with Crippen LogP contribution in [0.1, 0.15) is 17.2 Å². The lowest BCUT2D eigenvalue weighted by atomic mass is 10.0. The maximum absolute atomic E-state index is 6.21. The molecule has 18 heavy (non-hydrogen) atoms. The smallest absolute Gasteiger partial charge is 0.0417 e. The lowest BCUT2D eigenvalue weighted by Gasteiger charge is -2.14. The van der Waals surface area contributed by atoms with Crippen LogP contribution in [0.2, 0.25) is 5.02 Å². The minimum atomic E-state index is -0.0901. The second-order valence-electron chi connectivity index (χ2n) is 3.99. The molecule has 94 valence electrons. The molecule has 0 aliphatic carbocycles. The van der Waals surface area contributed by atoms with E-state index in [-0.39, 0.29) is 6.04 Å². The van der Waals surface area contributed by atoms with Crippen LogP contribution in [-0.2, 0) is 6.42 Å². The zero-order valence-corrected chi connectivity index (χ0v) is 13.3. The number of hydrogen-bond acceptors (Lipinski definition) is 2. The fourth-order valence-electron chi connectivity index (χ4n) is 1.73. The molecule has 0 amide bonds. The molecule has 0 aliphatic heterocycles. The summed E-state index contributed by atoms with van der Waals surface area (Å²) in [5, 5.41) is 0.696. The van der Waals surface area contributed by atoms with Crippen molar-refractivity contribution in [2.75, 3.05) is 0 Å². The zero-order valence-electron chi connectivity index (χ0n) is 9.41. The normalized spacial score (nSPS) is 12.4. The van der Waals surface area contributed by atoms with Crippen LogP contribution >= 0.6 is 43.5 Å². The highest BCUT2D eigenvalue weighted by Gasteiger charge is 2.11. The van der Waals surface area contributed by atoms with Gasteiger partial charge in [-0.2, -0.15) is 0 Å². The highest BCUT2D eigenvalue weighted by Crippen LogP contribution is 2.27. The summed E-state index contributed by atoms with van der Waals surface area (Å²) >= 11 is 12.8. The van der Waals surface area contributed by atoms with Gasteiger partial charge in [0.25, 0.3) is 0 Å². The summed E-state index contributed by atoms with van der Waals surface area (Å²) < 4.78 is 1.90. The second kappa shape index (κ2) is 6.15. The van der Waals surface area contributed by atoms with Crippen molar-refractivity contribution >= 4 is 43.5 Å². The molecule has 1 aromatic heterocycles. The topological polar surface area (TPSA) is 38.9 Å². The standard InChI is InChI=1S/C13H11Br2ClN2/c14-9-3-8(6-18-7-9)4-13(17)11-2-1-10(16)5-12(11)15/h1-3,5-7,13H,4,17H2. The van der Waals surface area contributed by atoms with Gasteiger partial charge in [-0.1, -0.05) is 33.6 Å². The van der Waals surface area contributed by atoms with Gasteiger partial charge in [-0.15, -0.1) is 0 Å². The molecular weight excluding hydrogens is 379 g/mol. The summed E-state index contributed by atoms with van der Waals surface area (Å²) in [7, 11) is 0. The van der Waals surface area contributed by atoms with Gasteiger partial charge < -0.3 is 5.73 Å². The van der Waals surface area contributed by atoms with Crippen molar-refractivity contribution in [1.29, 1.82) is 0 Å². The van der Waals surface area contributed by atoms with Crippen molar-refractivity contribution < 1.29 is 0 Å². The van der Waals surface area contributed by atoms with Gasteiger partial charge in [0.05, 0.1) is 0 Å². The Bertz CT molecular complexity index is 560. The van der Waals surface area contributed by atoms with Gasteiger partial charge in [0.2, 0.25) is 0 Å². The maximum atomic E-state index is 6.21. The van der Waals surface area contributed by atoms with Crippen LogP contribution < -0.4 is 5.73 Å². The summed E-state index contributed by atoms with van der Waals surface area (Å²) in [6, 6.07) is 7.59. The number of aromatic nitrogens is 1. The van der Waals surface area contributed by atoms with E-state index >= 15 is 0 Å². The number of pyridine rings is 1. The van der Waals surface area contributed by atoms with E-state index in [0.29, 0.717) is 5.02 Å². The number of hydrogen-bond donors (Lipinski definition) is 1. The minimum Gasteiger partial charge on any atom is -0.324 e. The average Bonchev–Trinajstić information content (AvgIpc) is 2.28.